The minimum absolute atomic E-state index is 0.121. The van der Waals surface area contributed by atoms with Gasteiger partial charge in [0, 0.05) is 33.4 Å². The lowest BCUT2D eigenvalue weighted by molar-refractivity contribution is 0.230. The lowest BCUT2D eigenvalue weighted by atomic mass is 9.60. The number of allylic oxidation sites excluding steroid dienone is 8. The van der Waals surface area contributed by atoms with Crippen LogP contribution >= 0.6 is 0 Å². The average Bonchev–Trinajstić information content (AvgIpc) is 3.66. The maximum Gasteiger partial charge on any atom is 0.164 e. The van der Waals surface area contributed by atoms with E-state index in [1.807, 2.05) is 36.4 Å². The summed E-state index contributed by atoms with van der Waals surface area (Å²) in [6.45, 7) is 0. The quantitative estimate of drug-likeness (QED) is 0.187. The van der Waals surface area contributed by atoms with E-state index in [9.17, 15) is 0 Å². The molecular weight excluding hydrogens is 655 g/mol. The Balaban J connectivity index is 1.00. The van der Waals surface area contributed by atoms with Crippen LogP contribution in [0.3, 0.4) is 0 Å². The number of hydrogen-bond donors (Lipinski definition) is 0. The first-order valence-electron chi connectivity index (χ1n) is 20.7. The molecule has 6 aliphatic rings. The van der Waals surface area contributed by atoms with Crippen molar-refractivity contribution >= 4 is 5.57 Å². The summed E-state index contributed by atoms with van der Waals surface area (Å²) in [5.41, 5.74) is 16.2. The van der Waals surface area contributed by atoms with E-state index < -0.39 is 0 Å². The van der Waals surface area contributed by atoms with Gasteiger partial charge in [-0.3, -0.25) is 0 Å². The molecule has 54 heavy (non-hydrogen) atoms. The average molecular weight is 702 g/mol. The van der Waals surface area contributed by atoms with Gasteiger partial charge in [0.2, 0.25) is 0 Å². The molecule has 0 saturated heterocycles. The number of hydrogen-bond acceptors (Lipinski definition) is 3. The van der Waals surface area contributed by atoms with Gasteiger partial charge in [-0.25, -0.2) is 15.0 Å². The van der Waals surface area contributed by atoms with Crippen LogP contribution in [-0.4, -0.2) is 15.0 Å². The SMILES string of the molecule is C1=C2C(=CC3c4ccccc4C4(CCCCC4)C13)C1(CCCCC1)C1=C2CCC=C1c1ccc(-c2nc(-c3ccccc3)nc(-c3ccccc3)n2)cc1. The van der Waals surface area contributed by atoms with E-state index >= 15 is 0 Å². The van der Waals surface area contributed by atoms with Gasteiger partial charge in [-0.15, -0.1) is 0 Å². The Morgan fingerprint density at radius 3 is 1.70 bits per heavy atom. The van der Waals surface area contributed by atoms with Gasteiger partial charge in [0.25, 0.3) is 0 Å². The van der Waals surface area contributed by atoms with Gasteiger partial charge in [-0.1, -0.05) is 166 Å². The lowest BCUT2D eigenvalue weighted by Crippen LogP contribution is -2.35. The van der Waals surface area contributed by atoms with Crippen LogP contribution in [0.5, 0.6) is 0 Å². The molecule has 6 aliphatic carbocycles. The fourth-order valence-corrected chi connectivity index (χ4v) is 11.8. The fraction of sp³-hybridized carbons (Fsp3) is 0.314. The van der Waals surface area contributed by atoms with Gasteiger partial charge in [0.05, 0.1) is 0 Å². The zero-order valence-electron chi connectivity index (χ0n) is 31.1. The van der Waals surface area contributed by atoms with Crippen LogP contribution in [0.4, 0.5) is 0 Å². The summed E-state index contributed by atoms with van der Waals surface area (Å²) in [5.74, 6) is 3.19. The van der Waals surface area contributed by atoms with Crippen molar-refractivity contribution in [3.05, 3.63) is 166 Å². The minimum Gasteiger partial charge on any atom is -0.208 e. The lowest BCUT2D eigenvalue weighted by Gasteiger charge is -2.43. The maximum atomic E-state index is 5.03. The van der Waals surface area contributed by atoms with Crippen LogP contribution in [0.15, 0.2) is 150 Å². The molecule has 2 atom stereocenters. The molecule has 2 spiro atoms. The molecule has 1 aromatic heterocycles. The molecule has 4 aromatic carbocycles. The molecule has 0 amide bonds. The van der Waals surface area contributed by atoms with Crippen LogP contribution in [0.25, 0.3) is 39.7 Å². The van der Waals surface area contributed by atoms with Crippen molar-refractivity contribution in [1.82, 2.24) is 15.0 Å². The molecule has 3 heteroatoms. The first-order valence-corrected chi connectivity index (χ1v) is 20.7. The van der Waals surface area contributed by atoms with Crippen LogP contribution in [-0.2, 0) is 5.41 Å². The van der Waals surface area contributed by atoms with Crippen LogP contribution < -0.4 is 0 Å². The highest BCUT2D eigenvalue weighted by Crippen LogP contribution is 2.68. The predicted octanol–water partition coefficient (Wildman–Crippen LogP) is 12.8. The Bertz CT molecular complexity index is 2320. The van der Waals surface area contributed by atoms with Crippen LogP contribution in [0.2, 0.25) is 0 Å². The topological polar surface area (TPSA) is 38.7 Å². The second-order valence-corrected chi connectivity index (χ2v) is 16.8. The van der Waals surface area contributed by atoms with E-state index in [1.165, 1.54) is 75.3 Å². The molecular formula is C51H47N3. The minimum atomic E-state index is 0.121. The fourth-order valence-electron chi connectivity index (χ4n) is 11.8. The van der Waals surface area contributed by atoms with Crippen molar-refractivity contribution in [2.24, 2.45) is 11.3 Å². The summed E-state index contributed by atoms with van der Waals surface area (Å²) < 4.78 is 0. The number of benzene rings is 4. The summed E-state index contributed by atoms with van der Waals surface area (Å²) in [6.07, 6.45) is 23.8. The van der Waals surface area contributed by atoms with Gasteiger partial charge < -0.3 is 0 Å². The van der Waals surface area contributed by atoms with Crippen molar-refractivity contribution in [2.75, 3.05) is 0 Å². The first kappa shape index (κ1) is 32.3. The number of rotatable bonds is 4. The van der Waals surface area contributed by atoms with Gasteiger partial charge in [0.15, 0.2) is 17.5 Å². The van der Waals surface area contributed by atoms with Crippen molar-refractivity contribution in [2.45, 2.75) is 88.4 Å². The summed E-state index contributed by atoms with van der Waals surface area (Å²) >= 11 is 0. The van der Waals surface area contributed by atoms with E-state index in [-0.39, 0.29) is 5.41 Å². The molecule has 0 radical (unpaired) electrons. The monoisotopic (exact) mass is 701 g/mol. The van der Waals surface area contributed by atoms with Crippen molar-refractivity contribution in [1.29, 1.82) is 0 Å². The Kier molecular flexibility index (Phi) is 7.61. The Hall–Kier alpha value is -5.15. The Morgan fingerprint density at radius 1 is 0.500 bits per heavy atom. The van der Waals surface area contributed by atoms with Gasteiger partial charge >= 0.3 is 0 Å². The molecule has 11 rings (SSSR count). The van der Waals surface area contributed by atoms with Gasteiger partial charge in [0.1, 0.15) is 0 Å². The largest absolute Gasteiger partial charge is 0.208 e. The molecule has 5 aromatic rings. The van der Waals surface area contributed by atoms with E-state index in [2.05, 4.69) is 91.0 Å². The molecule has 0 aliphatic heterocycles. The Morgan fingerprint density at radius 2 is 1.06 bits per heavy atom. The molecule has 0 N–H and O–H groups in total. The molecule has 2 saturated carbocycles. The summed E-state index contributed by atoms with van der Waals surface area (Å²) in [6, 6.07) is 39.3. The first-order chi connectivity index (χ1) is 26.7. The van der Waals surface area contributed by atoms with Gasteiger partial charge in [-0.05, 0) is 89.0 Å². The molecule has 2 fully saturated rings. The highest BCUT2D eigenvalue weighted by Gasteiger charge is 2.56. The normalized spacial score (nSPS) is 23.2. The number of fused-ring (bicyclic) bond motifs is 9. The second-order valence-electron chi connectivity index (χ2n) is 16.8. The summed E-state index contributed by atoms with van der Waals surface area (Å²) in [7, 11) is 0. The van der Waals surface area contributed by atoms with E-state index in [1.54, 1.807) is 33.4 Å². The molecule has 1 heterocycles. The molecule has 266 valence electrons. The Labute approximate surface area is 319 Å². The van der Waals surface area contributed by atoms with Crippen molar-refractivity contribution in [3.8, 4) is 34.2 Å². The zero-order chi connectivity index (χ0) is 35.7. The van der Waals surface area contributed by atoms with E-state index in [0.717, 1.165) is 29.5 Å². The highest BCUT2D eigenvalue weighted by molar-refractivity contribution is 5.89. The third-order valence-corrected chi connectivity index (χ3v) is 14.1. The van der Waals surface area contributed by atoms with Crippen molar-refractivity contribution < 1.29 is 0 Å². The standard InChI is InChI=1S/C51H47N3/c1-5-16-35(17-6-1)47-52-48(36-18-7-2-8-19-36)54-49(53-47)37-26-24-34(25-27-37)38-21-15-22-40-42-33-44-41(32-45(42)51(46(38)40)30-13-4-14-31-51)39-20-9-10-23-43(39)50(44)28-11-3-12-29-50/h1-2,5-10,16-21,23-27,32-33,41,44H,3-4,11-15,22,28-31H2. The van der Waals surface area contributed by atoms with Crippen molar-refractivity contribution in [3.63, 3.8) is 0 Å². The molecule has 3 nitrogen and oxygen atoms in total. The molecule has 0 bridgehead atoms. The third-order valence-electron chi connectivity index (χ3n) is 14.1. The zero-order valence-corrected chi connectivity index (χ0v) is 31.1. The van der Waals surface area contributed by atoms with E-state index in [0.29, 0.717) is 34.7 Å². The second kappa shape index (κ2) is 12.7. The highest BCUT2D eigenvalue weighted by atomic mass is 15.0. The van der Waals surface area contributed by atoms with Crippen LogP contribution in [0, 0.1) is 11.3 Å². The number of nitrogens with zero attached hydrogens (tertiary/aromatic N) is 3. The van der Waals surface area contributed by atoms with Gasteiger partial charge in [-0.2, -0.15) is 0 Å². The maximum absolute atomic E-state index is 5.03. The summed E-state index contributed by atoms with van der Waals surface area (Å²) in [4.78, 5) is 15.0. The summed E-state index contributed by atoms with van der Waals surface area (Å²) in [5, 5.41) is 0. The molecule has 2 unspecified atom stereocenters. The van der Waals surface area contributed by atoms with Crippen LogP contribution in [0.1, 0.15) is 99.7 Å². The number of aromatic nitrogens is 3. The van der Waals surface area contributed by atoms with E-state index in [4.69, 9.17) is 15.0 Å². The predicted molar refractivity (Wildman–Crippen MR) is 219 cm³/mol. The third kappa shape index (κ3) is 4.89. The smallest absolute Gasteiger partial charge is 0.164 e.